The summed E-state index contributed by atoms with van der Waals surface area (Å²) in [6.45, 7) is 5.01. The molecule has 1 aliphatic heterocycles. The molecule has 0 amide bonds. The number of nitrogens with zero attached hydrogens (tertiary/aromatic N) is 2. The molecule has 88 valence electrons. The molecule has 15 heavy (non-hydrogen) atoms. The Morgan fingerprint density at radius 3 is 2.93 bits per heavy atom. The van der Waals surface area contributed by atoms with Gasteiger partial charge in [0.15, 0.2) is 5.84 Å². The van der Waals surface area contributed by atoms with Gasteiger partial charge in [-0.05, 0) is 13.8 Å². The molecule has 0 radical (unpaired) electrons. The molecular weight excluding hydrogens is 198 g/mol. The minimum absolute atomic E-state index is 0.00782. The normalized spacial score (nSPS) is 31.5. The third kappa shape index (κ3) is 2.80. The number of morpholine rings is 1. The van der Waals surface area contributed by atoms with E-state index in [0.29, 0.717) is 13.2 Å². The van der Waals surface area contributed by atoms with Crippen LogP contribution in [-0.2, 0) is 4.74 Å². The lowest BCUT2D eigenvalue weighted by molar-refractivity contribution is -0.0821. The van der Waals surface area contributed by atoms with E-state index in [4.69, 9.17) is 20.8 Å². The van der Waals surface area contributed by atoms with Crippen LogP contribution in [0.1, 0.15) is 13.8 Å². The van der Waals surface area contributed by atoms with E-state index in [1.807, 2.05) is 13.8 Å². The first-order chi connectivity index (χ1) is 7.10. The molecule has 3 unspecified atom stereocenters. The summed E-state index contributed by atoms with van der Waals surface area (Å²) in [5.41, 5.74) is 5.55. The molecule has 3 atom stereocenters. The fourth-order valence-corrected chi connectivity index (χ4v) is 1.74. The molecule has 0 aromatic rings. The van der Waals surface area contributed by atoms with Crippen LogP contribution in [-0.4, -0.2) is 59.0 Å². The van der Waals surface area contributed by atoms with E-state index in [1.165, 1.54) is 0 Å². The lowest BCUT2D eigenvalue weighted by Crippen LogP contribution is -2.56. The van der Waals surface area contributed by atoms with Gasteiger partial charge < -0.3 is 20.8 Å². The Kier molecular flexibility index (Phi) is 4.31. The Morgan fingerprint density at radius 1 is 1.73 bits per heavy atom. The zero-order valence-corrected chi connectivity index (χ0v) is 9.13. The molecule has 4 N–H and O–H groups in total. The minimum Gasteiger partial charge on any atom is -0.409 e. The summed E-state index contributed by atoms with van der Waals surface area (Å²) in [5.74, 6) is 0.181. The number of nitrogens with two attached hydrogens (primary N) is 1. The van der Waals surface area contributed by atoms with Crippen LogP contribution in [0.2, 0.25) is 0 Å². The Bertz CT molecular complexity index is 235. The molecule has 1 saturated heterocycles. The number of ether oxygens (including phenoxy) is 1. The quantitative estimate of drug-likeness (QED) is 0.249. The van der Waals surface area contributed by atoms with Crippen molar-refractivity contribution in [1.82, 2.24) is 4.90 Å². The van der Waals surface area contributed by atoms with Crippen molar-refractivity contribution in [2.75, 3.05) is 19.8 Å². The standard InChI is InChI=1S/C9H19N3O3/c1-6-5-15-8(4-13)3-12(6)7(2)9(10)11-14/h6-8,13-14H,3-5H2,1-2H3,(H2,10,11). The first-order valence-electron chi connectivity index (χ1n) is 5.05. The number of rotatable bonds is 3. The van der Waals surface area contributed by atoms with Crippen LogP contribution in [0.25, 0.3) is 0 Å². The van der Waals surface area contributed by atoms with Crippen LogP contribution >= 0.6 is 0 Å². The van der Waals surface area contributed by atoms with Crippen molar-refractivity contribution in [3.63, 3.8) is 0 Å². The van der Waals surface area contributed by atoms with Crippen molar-refractivity contribution in [3.8, 4) is 0 Å². The van der Waals surface area contributed by atoms with Gasteiger partial charge in [0, 0.05) is 12.6 Å². The topological polar surface area (TPSA) is 91.3 Å². The lowest BCUT2D eigenvalue weighted by Gasteiger charge is -2.40. The fourth-order valence-electron chi connectivity index (χ4n) is 1.74. The van der Waals surface area contributed by atoms with Crippen molar-refractivity contribution in [3.05, 3.63) is 0 Å². The van der Waals surface area contributed by atoms with Crippen LogP contribution in [0, 0.1) is 0 Å². The second kappa shape index (κ2) is 5.29. The number of oxime groups is 1. The van der Waals surface area contributed by atoms with Gasteiger partial charge in [-0.3, -0.25) is 4.90 Å². The zero-order valence-electron chi connectivity index (χ0n) is 9.13. The third-order valence-corrected chi connectivity index (χ3v) is 2.80. The maximum atomic E-state index is 9.01. The molecule has 0 spiro atoms. The number of amidine groups is 1. The Labute approximate surface area is 89.3 Å². The highest BCUT2D eigenvalue weighted by molar-refractivity contribution is 5.84. The van der Waals surface area contributed by atoms with Crippen molar-refractivity contribution in [2.45, 2.75) is 32.0 Å². The van der Waals surface area contributed by atoms with E-state index in [-0.39, 0.29) is 30.6 Å². The molecule has 0 aromatic heterocycles. The number of aliphatic hydroxyl groups is 1. The molecule has 1 fully saturated rings. The van der Waals surface area contributed by atoms with Crippen molar-refractivity contribution < 1.29 is 15.1 Å². The van der Waals surface area contributed by atoms with Crippen molar-refractivity contribution in [1.29, 1.82) is 0 Å². The Morgan fingerprint density at radius 2 is 2.40 bits per heavy atom. The number of aliphatic hydroxyl groups excluding tert-OH is 1. The number of hydrogen-bond acceptors (Lipinski definition) is 5. The predicted molar refractivity (Wildman–Crippen MR) is 55.9 cm³/mol. The van der Waals surface area contributed by atoms with Gasteiger partial charge in [0.1, 0.15) is 0 Å². The summed E-state index contributed by atoms with van der Waals surface area (Å²) in [5, 5.41) is 20.6. The molecule has 0 aliphatic carbocycles. The Balaban J connectivity index is 2.65. The van der Waals surface area contributed by atoms with Gasteiger partial charge in [0.2, 0.25) is 0 Å². The molecule has 6 heteroatoms. The predicted octanol–water partition coefficient (Wildman–Crippen LogP) is -0.797. The highest BCUT2D eigenvalue weighted by Crippen LogP contribution is 2.14. The highest BCUT2D eigenvalue weighted by atomic mass is 16.5. The third-order valence-electron chi connectivity index (χ3n) is 2.80. The summed E-state index contributed by atoms with van der Waals surface area (Å²) in [7, 11) is 0. The van der Waals surface area contributed by atoms with Gasteiger partial charge in [0.05, 0.1) is 25.4 Å². The average Bonchev–Trinajstić information content (AvgIpc) is 2.27. The largest absolute Gasteiger partial charge is 0.409 e. The number of hydrogen-bond donors (Lipinski definition) is 3. The first kappa shape index (κ1) is 12.2. The van der Waals surface area contributed by atoms with E-state index in [9.17, 15) is 0 Å². The van der Waals surface area contributed by atoms with Crippen LogP contribution < -0.4 is 5.73 Å². The van der Waals surface area contributed by atoms with Crippen LogP contribution in [0.4, 0.5) is 0 Å². The smallest absolute Gasteiger partial charge is 0.156 e. The monoisotopic (exact) mass is 217 g/mol. The second-order valence-electron chi connectivity index (χ2n) is 3.88. The van der Waals surface area contributed by atoms with Crippen molar-refractivity contribution in [2.24, 2.45) is 10.9 Å². The molecule has 0 saturated carbocycles. The van der Waals surface area contributed by atoms with E-state index >= 15 is 0 Å². The van der Waals surface area contributed by atoms with Gasteiger partial charge in [-0.2, -0.15) is 0 Å². The summed E-state index contributed by atoms with van der Waals surface area (Å²) in [6.07, 6.45) is -0.185. The molecule has 1 aliphatic rings. The maximum absolute atomic E-state index is 9.01. The first-order valence-corrected chi connectivity index (χ1v) is 5.05. The van der Waals surface area contributed by atoms with Crippen LogP contribution in [0.15, 0.2) is 5.16 Å². The Hall–Kier alpha value is -0.850. The van der Waals surface area contributed by atoms with Gasteiger partial charge in [-0.1, -0.05) is 5.16 Å². The summed E-state index contributed by atoms with van der Waals surface area (Å²) >= 11 is 0. The summed E-state index contributed by atoms with van der Waals surface area (Å²) in [4.78, 5) is 2.06. The van der Waals surface area contributed by atoms with Gasteiger partial charge in [0.25, 0.3) is 0 Å². The van der Waals surface area contributed by atoms with E-state index in [0.717, 1.165) is 0 Å². The zero-order chi connectivity index (χ0) is 11.4. The SMILES string of the molecule is CC1COC(CO)CN1C(C)C(N)=NO. The lowest BCUT2D eigenvalue weighted by atomic mass is 10.1. The van der Waals surface area contributed by atoms with Crippen LogP contribution in [0.5, 0.6) is 0 Å². The molecule has 6 nitrogen and oxygen atoms in total. The van der Waals surface area contributed by atoms with Gasteiger partial charge in [-0.15, -0.1) is 0 Å². The van der Waals surface area contributed by atoms with Gasteiger partial charge >= 0.3 is 0 Å². The summed E-state index contributed by atoms with van der Waals surface area (Å²) < 4.78 is 5.40. The van der Waals surface area contributed by atoms with Crippen LogP contribution in [0.3, 0.4) is 0 Å². The average molecular weight is 217 g/mol. The molecule has 1 rings (SSSR count). The second-order valence-corrected chi connectivity index (χ2v) is 3.88. The maximum Gasteiger partial charge on any atom is 0.156 e. The molecule has 1 heterocycles. The fraction of sp³-hybridized carbons (Fsp3) is 0.889. The van der Waals surface area contributed by atoms with E-state index < -0.39 is 0 Å². The molecule has 0 bridgehead atoms. The molecular formula is C9H19N3O3. The van der Waals surface area contributed by atoms with E-state index in [2.05, 4.69) is 10.1 Å². The van der Waals surface area contributed by atoms with Gasteiger partial charge in [-0.25, -0.2) is 0 Å². The van der Waals surface area contributed by atoms with Crippen molar-refractivity contribution >= 4 is 5.84 Å². The molecule has 0 aromatic carbocycles. The van der Waals surface area contributed by atoms with E-state index in [1.54, 1.807) is 0 Å². The summed E-state index contributed by atoms with van der Waals surface area (Å²) in [6, 6.07) is 0.0473. The highest BCUT2D eigenvalue weighted by Gasteiger charge is 2.30. The minimum atomic E-state index is -0.185.